The van der Waals surface area contributed by atoms with Crippen molar-refractivity contribution in [2.45, 2.75) is 19.6 Å². The Bertz CT molecular complexity index is 566. The van der Waals surface area contributed by atoms with Crippen molar-refractivity contribution in [1.29, 1.82) is 0 Å². The first-order valence-electron chi connectivity index (χ1n) is 6.29. The summed E-state index contributed by atoms with van der Waals surface area (Å²) in [4.78, 5) is 0. The third-order valence-electron chi connectivity index (χ3n) is 2.82. The van der Waals surface area contributed by atoms with Crippen molar-refractivity contribution in [1.82, 2.24) is 0 Å². The molecule has 0 saturated heterocycles. The molecule has 0 aliphatic heterocycles. The number of aryl methyl sites for hydroxylation is 2. The lowest BCUT2D eigenvalue weighted by Crippen LogP contribution is -2.45. The van der Waals surface area contributed by atoms with Gasteiger partial charge < -0.3 is 8.85 Å². The zero-order chi connectivity index (χ0) is 15.5. The van der Waals surface area contributed by atoms with Crippen LogP contribution in [-0.4, -0.2) is 15.1 Å². The van der Waals surface area contributed by atoms with Gasteiger partial charge in [0.1, 0.15) is 11.5 Å². The van der Waals surface area contributed by atoms with E-state index in [1.54, 1.807) is 50.2 Å². The van der Waals surface area contributed by atoms with Crippen molar-refractivity contribution in [2.75, 3.05) is 0 Å². The Balaban J connectivity index is 2.24. The van der Waals surface area contributed by atoms with Gasteiger partial charge >= 0.3 is 15.1 Å². The van der Waals surface area contributed by atoms with E-state index < -0.39 is 15.1 Å². The van der Waals surface area contributed by atoms with Crippen molar-refractivity contribution in [3.8, 4) is 11.5 Å². The van der Waals surface area contributed by atoms with Crippen LogP contribution >= 0.6 is 0 Å². The molecule has 0 heterocycles. The highest BCUT2D eigenvalue weighted by Gasteiger charge is 2.53. The highest BCUT2D eigenvalue weighted by Crippen LogP contribution is 2.28. The van der Waals surface area contributed by atoms with Crippen LogP contribution in [0.2, 0.25) is 0 Å². The van der Waals surface area contributed by atoms with E-state index in [4.69, 9.17) is 8.85 Å². The number of alkyl halides is 3. The van der Waals surface area contributed by atoms with Crippen molar-refractivity contribution in [3.05, 3.63) is 59.7 Å². The minimum Gasteiger partial charge on any atom is -0.505 e. The van der Waals surface area contributed by atoms with E-state index in [0.717, 1.165) is 0 Å². The van der Waals surface area contributed by atoms with Crippen LogP contribution in [0.1, 0.15) is 11.1 Å². The van der Waals surface area contributed by atoms with Crippen LogP contribution in [0.25, 0.3) is 0 Å². The summed E-state index contributed by atoms with van der Waals surface area (Å²) in [6, 6.07) is 13.1. The summed E-state index contributed by atoms with van der Waals surface area (Å²) < 4.78 is 49.7. The monoisotopic (exact) mass is 311 g/mol. The Labute approximate surface area is 123 Å². The van der Waals surface area contributed by atoms with E-state index in [9.17, 15) is 13.2 Å². The maximum Gasteiger partial charge on any atom is 0.653 e. The van der Waals surface area contributed by atoms with Crippen LogP contribution in [0.4, 0.5) is 13.2 Å². The SMILES string of the molecule is Cc1ccccc1O[Si](Oc1ccccc1C)C(F)(F)F. The van der Waals surface area contributed by atoms with Crippen LogP contribution in [-0.2, 0) is 0 Å². The molecule has 111 valence electrons. The molecule has 0 aliphatic rings. The molecule has 0 fully saturated rings. The lowest BCUT2D eigenvalue weighted by Gasteiger charge is -2.20. The summed E-state index contributed by atoms with van der Waals surface area (Å²) in [6.45, 7) is 3.39. The third-order valence-corrected chi connectivity index (χ3v) is 4.10. The summed E-state index contributed by atoms with van der Waals surface area (Å²) >= 11 is 0. The standard InChI is InChI=1S/C15H14F3O2Si/c1-11-7-3-5-9-13(11)19-21(15(16,17)18)20-14-10-6-4-8-12(14)2/h3-10H,1-2H3. The van der Waals surface area contributed by atoms with Crippen molar-refractivity contribution >= 4 is 9.28 Å². The van der Waals surface area contributed by atoms with Gasteiger partial charge in [0.2, 0.25) is 0 Å². The minimum atomic E-state index is -4.53. The molecule has 0 aliphatic carbocycles. The maximum absolute atomic E-state index is 13.2. The fourth-order valence-corrected chi connectivity index (χ4v) is 2.81. The second-order valence-corrected chi connectivity index (χ2v) is 6.07. The Morgan fingerprint density at radius 3 is 1.48 bits per heavy atom. The molecule has 1 radical (unpaired) electrons. The van der Waals surface area contributed by atoms with E-state index >= 15 is 0 Å². The summed E-state index contributed by atoms with van der Waals surface area (Å²) in [5.74, 6) is -4.15. The van der Waals surface area contributed by atoms with Crippen LogP contribution in [0.5, 0.6) is 11.5 Å². The van der Waals surface area contributed by atoms with E-state index in [0.29, 0.717) is 11.1 Å². The van der Waals surface area contributed by atoms with Crippen LogP contribution in [0, 0.1) is 13.8 Å². The van der Waals surface area contributed by atoms with E-state index in [-0.39, 0.29) is 11.5 Å². The molecule has 2 aromatic carbocycles. The number of hydrogen-bond donors (Lipinski definition) is 0. The van der Waals surface area contributed by atoms with Gasteiger partial charge in [0.15, 0.2) is 0 Å². The molecule has 0 saturated carbocycles. The van der Waals surface area contributed by atoms with Crippen molar-refractivity contribution < 1.29 is 22.0 Å². The number of hydrogen-bond acceptors (Lipinski definition) is 2. The molecule has 6 heteroatoms. The molecule has 0 aromatic heterocycles. The second kappa shape index (κ2) is 6.22. The van der Waals surface area contributed by atoms with Gasteiger partial charge in [-0.2, -0.15) is 13.2 Å². The maximum atomic E-state index is 13.2. The molecule has 0 amide bonds. The molecule has 0 atom stereocenters. The predicted octanol–water partition coefficient (Wildman–Crippen LogP) is 4.35. The Morgan fingerprint density at radius 1 is 0.762 bits per heavy atom. The Kier molecular flexibility index (Phi) is 4.57. The molecule has 0 bridgehead atoms. The lowest BCUT2D eigenvalue weighted by molar-refractivity contribution is -0.0723. The molecule has 0 spiro atoms. The smallest absolute Gasteiger partial charge is 0.505 e. The van der Waals surface area contributed by atoms with Crippen LogP contribution < -0.4 is 8.85 Å². The number of para-hydroxylation sites is 2. The molecule has 2 rings (SSSR count). The van der Waals surface area contributed by atoms with Crippen molar-refractivity contribution in [3.63, 3.8) is 0 Å². The average molecular weight is 311 g/mol. The fourth-order valence-electron chi connectivity index (χ4n) is 1.68. The average Bonchev–Trinajstić information content (AvgIpc) is 2.41. The van der Waals surface area contributed by atoms with Gasteiger partial charge in [0.05, 0.1) is 0 Å². The summed E-state index contributed by atoms with van der Waals surface area (Å²) in [5, 5.41) is 0. The molecule has 0 N–H and O–H groups in total. The summed E-state index contributed by atoms with van der Waals surface area (Å²) in [7, 11) is -3.51. The van der Waals surface area contributed by atoms with Crippen molar-refractivity contribution in [2.24, 2.45) is 0 Å². The van der Waals surface area contributed by atoms with Gasteiger partial charge in [0.25, 0.3) is 0 Å². The van der Waals surface area contributed by atoms with Gasteiger partial charge in [-0.15, -0.1) is 0 Å². The first kappa shape index (κ1) is 15.4. The quantitative estimate of drug-likeness (QED) is 0.782. The summed E-state index contributed by atoms with van der Waals surface area (Å²) in [5.41, 5.74) is 1.27. The molecule has 21 heavy (non-hydrogen) atoms. The molecular weight excluding hydrogens is 297 g/mol. The van der Waals surface area contributed by atoms with Gasteiger partial charge in [0, 0.05) is 0 Å². The van der Waals surface area contributed by atoms with E-state index in [2.05, 4.69) is 0 Å². The number of benzene rings is 2. The van der Waals surface area contributed by atoms with Gasteiger partial charge in [-0.25, -0.2) is 0 Å². The van der Waals surface area contributed by atoms with Crippen LogP contribution in [0.15, 0.2) is 48.5 Å². The Hall–Kier alpha value is -1.95. The topological polar surface area (TPSA) is 18.5 Å². The largest absolute Gasteiger partial charge is 0.653 e. The fraction of sp³-hybridized carbons (Fsp3) is 0.200. The lowest BCUT2D eigenvalue weighted by atomic mass is 10.2. The normalized spacial score (nSPS) is 11.5. The highest BCUT2D eigenvalue weighted by atomic mass is 28.3. The minimum absolute atomic E-state index is 0.192. The summed E-state index contributed by atoms with van der Waals surface area (Å²) in [6.07, 6.45) is 0. The van der Waals surface area contributed by atoms with Gasteiger partial charge in [-0.3, -0.25) is 0 Å². The zero-order valence-electron chi connectivity index (χ0n) is 11.6. The zero-order valence-corrected chi connectivity index (χ0v) is 12.6. The van der Waals surface area contributed by atoms with Gasteiger partial charge in [-0.05, 0) is 37.1 Å². The number of rotatable bonds is 4. The predicted molar refractivity (Wildman–Crippen MR) is 75.4 cm³/mol. The Morgan fingerprint density at radius 2 is 1.14 bits per heavy atom. The third kappa shape index (κ3) is 4.01. The molecule has 0 unspecified atom stereocenters. The first-order valence-corrected chi connectivity index (χ1v) is 7.60. The highest BCUT2D eigenvalue weighted by molar-refractivity contribution is 6.48. The van der Waals surface area contributed by atoms with E-state index in [1.165, 1.54) is 12.1 Å². The number of halogens is 3. The van der Waals surface area contributed by atoms with Crippen LogP contribution in [0.3, 0.4) is 0 Å². The van der Waals surface area contributed by atoms with Gasteiger partial charge in [-0.1, -0.05) is 36.4 Å². The molecule has 2 nitrogen and oxygen atoms in total. The molecule has 2 aromatic rings. The first-order chi connectivity index (χ1) is 9.88. The second-order valence-electron chi connectivity index (χ2n) is 4.52. The van der Waals surface area contributed by atoms with E-state index in [1.807, 2.05) is 0 Å². The molecular formula is C15H14F3O2Si.